The number of fused-ring (bicyclic) bond motifs is 1. The quantitative estimate of drug-likeness (QED) is 0.679. The van der Waals surface area contributed by atoms with E-state index in [0.717, 1.165) is 12.6 Å². The van der Waals surface area contributed by atoms with Gasteiger partial charge in [-0.15, -0.1) is 11.3 Å². The third-order valence-electron chi connectivity index (χ3n) is 4.51. The largest absolute Gasteiger partial charge is 0.443 e. The molecule has 3 aromatic heterocycles. The molecule has 27 heavy (non-hydrogen) atoms. The summed E-state index contributed by atoms with van der Waals surface area (Å²) in [4.78, 5) is 34.3. The maximum atomic E-state index is 12.8. The highest BCUT2D eigenvalue weighted by Crippen LogP contribution is 2.36. The van der Waals surface area contributed by atoms with E-state index in [4.69, 9.17) is 0 Å². The minimum atomic E-state index is -4.51. The van der Waals surface area contributed by atoms with Crippen molar-refractivity contribution in [3.05, 3.63) is 34.0 Å². The number of halogens is 3. The second-order valence-electron chi connectivity index (χ2n) is 6.26. The first-order valence-electron chi connectivity index (χ1n) is 8.12. The molecule has 1 aliphatic heterocycles. The monoisotopic (exact) mass is 397 g/mol. The zero-order valence-electron chi connectivity index (χ0n) is 14.2. The van der Waals surface area contributed by atoms with Crippen LogP contribution in [0.4, 0.5) is 13.2 Å². The van der Waals surface area contributed by atoms with E-state index < -0.39 is 16.9 Å². The topological polar surface area (TPSA) is 73.0 Å². The van der Waals surface area contributed by atoms with Gasteiger partial charge >= 0.3 is 11.9 Å². The predicted molar refractivity (Wildman–Crippen MR) is 92.3 cm³/mol. The van der Waals surface area contributed by atoms with Gasteiger partial charge in [0, 0.05) is 38.1 Å². The molecular formula is C16H14F3N5O2S. The number of pyridine rings is 1. The van der Waals surface area contributed by atoms with Crippen LogP contribution in [0.25, 0.3) is 21.6 Å². The van der Waals surface area contributed by atoms with Gasteiger partial charge in [0.05, 0.1) is 10.4 Å². The highest BCUT2D eigenvalue weighted by atomic mass is 32.1. The van der Waals surface area contributed by atoms with E-state index in [9.17, 15) is 22.8 Å². The van der Waals surface area contributed by atoms with Crippen molar-refractivity contribution in [1.82, 2.24) is 24.0 Å². The van der Waals surface area contributed by atoms with Gasteiger partial charge in [0.15, 0.2) is 10.7 Å². The Morgan fingerprint density at radius 2 is 2.00 bits per heavy atom. The number of nitrogens with zero attached hydrogens (tertiary/aromatic N) is 5. The van der Waals surface area contributed by atoms with E-state index in [1.807, 2.05) is 0 Å². The lowest BCUT2D eigenvalue weighted by Crippen LogP contribution is -2.44. The van der Waals surface area contributed by atoms with Gasteiger partial charge in [0.2, 0.25) is 5.91 Å². The van der Waals surface area contributed by atoms with E-state index in [1.165, 1.54) is 22.4 Å². The van der Waals surface area contributed by atoms with Crippen LogP contribution in [0.15, 0.2) is 23.3 Å². The first kappa shape index (κ1) is 17.7. The number of carbonyl (C=O) groups excluding carboxylic acids is 1. The summed E-state index contributed by atoms with van der Waals surface area (Å²) < 4.78 is 41.0. The Hall–Kier alpha value is -2.69. The summed E-state index contributed by atoms with van der Waals surface area (Å²) in [7, 11) is 1.54. The summed E-state index contributed by atoms with van der Waals surface area (Å²) in [5.41, 5.74) is 0.770. The summed E-state index contributed by atoms with van der Waals surface area (Å²) in [6.07, 6.45) is -1.04. The van der Waals surface area contributed by atoms with Crippen molar-refractivity contribution >= 4 is 28.4 Å². The van der Waals surface area contributed by atoms with Crippen LogP contribution in [-0.4, -0.2) is 43.0 Å². The van der Waals surface area contributed by atoms with Crippen LogP contribution in [0.1, 0.15) is 11.4 Å². The highest BCUT2D eigenvalue weighted by molar-refractivity contribution is 7.15. The molecule has 1 saturated heterocycles. The Morgan fingerprint density at radius 1 is 1.26 bits per heavy atom. The smallest absolute Gasteiger partial charge is 0.341 e. The number of aromatic nitrogens is 4. The number of thiazole rings is 1. The van der Waals surface area contributed by atoms with Gasteiger partial charge in [0.1, 0.15) is 6.54 Å². The van der Waals surface area contributed by atoms with Crippen molar-refractivity contribution in [1.29, 1.82) is 0 Å². The number of hydrogen-bond donors (Lipinski definition) is 0. The Labute approximate surface area is 154 Å². The molecule has 0 bridgehead atoms. The fourth-order valence-electron chi connectivity index (χ4n) is 2.90. The van der Waals surface area contributed by atoms with E-state index >= 15 is 0 Å². The number of imidazole rings is 1. The minimum Gasteiger partial charge on any atom is -0.341 e. The molecule has 0 saturated carbocycles. The third kappa shape index (κ3) is 3.01. The van der Waals surface area contributed by atoms with Crippen molar-refractivity contribution in [3.63, 3.8) is 0 Å². The maximum Gasteiger partial charge on any atom is 0.443 e. The lowest BCUT2D eigenvalue weighted by Gasteiger charge is -2.30. The number of alkyl halides is 3. The standard InChI is InChI=1S/C16H14F3N5O2S/c1-22-13-10(24(15(22)26)8-12(25)23-3-2-4-23)5-9(6-20-13)11-7-21-14(27-11)16(17,18)19/h5-7H,2-4,8H2,1H3. The molecular weight excluding hydrogens is 383 g/mol. The van der Waals surface area contributed by atoms with Crippen molar-refractivity contribution in [2.45, 2.75) is 19.1 Å². The van der Waals surface area contributed by atoms with E-state index in [1.54, 1.807) is 11.0 Å². The summed E-state index contributed by atoms with van der Waals surface area (Å²) in [6.45, 7) is 1.21. The highest BCUT2D eigenvalue weighted by Gasteiger charge is 2.34. The Kier molecular flexibility index (Phi) is 4.06. The van der Waals surface area contributed by atoms with Gasteiger partial charge in [0.25, 0.3) is 0 Å². The van der Waals surface area contributed by atoms with Crippen LogP contribution in [0.2, 0.25) is 0 Å². The molecule has 4 heterocycles. The summed E-state index contributed by atoms with van der Waals surface area (Å²) in [5, 5.41) is -0.948. The molecule has 0 aliphatic carbocycles. The molecule has 4 rings (SSSR count). The molecule has 11 heteroatoms. The molecule has 1 fully saturated rings. The molecule has 0 unspecified atom stereocenters. The first-order chi connectivity index (χ1) is 12.8. The molecule has 0 aromatic carbocycles. The van der Waals surface area contributed by atoms with Crippen molar-refractivity contribution in [3.8, 4) is 10.4 Å². The van der Waals surface area contributed by atoms with Gasteiger partial charge < -0.3 is 4.90 Å². The van der Waals surface area contributed by atoms with Gasteiger partial charge in [-0.3, -0.25) is 13.9 Å². The second kappa shape index (κ2) is 6.19. The number of rotatable bonds is 3. The normalized spacial score (nSPS) is 14.6. The van der Waals surface area contributed by atoms with Crippen LogP contribution in [0.3, 0.4) is 0 Å². The van der Waals surface area contributed by atoms with Crippen LogP contribution in [-0.2, 0) is 24.6 Å². The molecule has 0 spiro atoms. The lowest BCUT2D eigenvalue weighted by atomic mass is 10.2. The Morgan fingerprint density at radius 3 is 2.59 bits per heavy atom. The summed E-state index contributed by atoms with van der Waals surface area (Å²) in [6, 6.07) is 1.57. The Balaban J connectivity index is 1.76. The predicted octanol–water partition coefficient (Wildman–Crippen LogP) is 2.11. The SMILES string of the molecule is Cn1c(=O)n(CC(=O)N2CCC2)c2cc(-c3cnc(C(F)(F)F)s3)cnc21. The number of hydrogen-bond acceptors (Lipinski definition) is 5. The molecule has 1 amide bonds. The zero-order chi connectivity index (χ0) is 19.3. The average Bonchev–Trinajstić information content (AvgIpc) is 3.13. The first-order valence-corrected chi connectivity index (χ1v) is 8.94. The molecule has 0 N–H and O–H groups in total. The second-order valence-corrected chi connectivity index (χ2v) is 7.29. The van der Waals surface area contributed by atoms with Crippen LogP contribution < -0.4 is 5.69 Å². The minimum absolute atomic E-state index is 0.127. The summed E-state index contributed by atoms with van der Waals surface area (Å²) in [5.74, 6) is -0.168. The molecule has 0 radical (unpaired) electrons. The van der Waals surface area contributed by atoms with Crippen molar-refractivity contribution in [2.75, 3.05) is 13.1 Å². The van der Waals surface area contributed by atoms with E-state index in [0.29, 0.717) is 41.2 Å². The van der Waals surface area contributed by atoms with Gasteiger partial charge in [-0.2, -0.15) is 13.2 Å². The molecule has 0 atom stereocenters. The average molecular weight is 397 g/mol. The fourth-order valence-corrected chi connectivity index (χ4v) is 3.67. The van der Waals surface area contributed by atoms with Gasteiger partial charge in [-0.25, -0.2) is 14.8 Å². The van der Waals surface area contributed by atoms with Crippen LogP contribution >= 0.6 is 11.3 Å². The Bertz CT molecular complexity index is 1090. The van der Waals surface area contributed by atoms with Crippen LogP contribution in [0, 0.1) is 0 Å². The third-order valence-corrected chi connectivity index (χ3v) is 5.60. The number of likely N-dealkylation sites (tertiary alicyclic amines) is 1. The van der Waals surface area contributed by atoms with Gasteiger partial charge in [-0.05, 0) is 12.5 Å². The van der Waals surface area contributed by atoms with Gasteiger partial charge in [-0.1, -0.05) is 0 Å². The van der Waals surface area contributed by atoms with Crippen molar-refractivity contribution < 1.29 is 18.0 Å². The zero-order valence-corrected chi connectivity index (χ0v) is 15.0. The number of aryl methyl sites for hydroxylation is 1. The van der Waals surface area contributed by atoms with Crippen LogP contribution in [0.5, 0.6) is 0 Å². The number of carbonyl (C=O) groups is 1. The fraction of sp³-hybridized carbons (Fsp3) is 0.375. The van der Waals surface area contributed by atoms with E-state index in [-0.39, 0.29) is 17.3 Å². The van der Waals surface area contributed by atoms with E-state index in [2.05, 4.69) is 9.97 Å². The molecule has 3 aromatic rings. The molecule has 7 nitrogen and oxygen atoms in total. The van der Waals surface area contributed by atoms with Crippen molar-refractivity contribution in [2.24, 2.45) is 7.05 Å². The summed E-state index contributed by atoms with van der Waals surface area (Å²) >= 11 is 0.504. The lowest BCUT2D eigenvalue weighted by molar-refractivity contribution is -0.137. The maximum absolute atomic E-state index is 12.8. The number of amides is 1. The molecule has 1 aliphatic rings. The molecule has 142 valence electrons.